The van der Waals surface area contributed by atoms with Crippen LogP contribution in [0.3, 0.4) is 0 Å². The SMILES string of the molecule is CC1CC(N2CC(CCCO)CC(NC3CCCCC3)C2)C1. The van der Waals surface area contributed by atoms with Gasteiger partial charge in [-0.3, -0.25) is 4.90 Å². The summed E-state index contributed by atoms with van der Waals surface area (Å²) < 4.78 is 0. The quantitative estimate of drug-likeness (QED) is 0.791. The average Bonchev–Trinajstić information content (AvgIpc) is 2.50. The van der Waals surface area contributed by atoms with Crippen LogP contribution in [0.4, 0.5) is 0 Å². The molecule has 2 aliphatic carbocycles. The lowest BCUT2D eigenvalue weighted by atomic mass is 9.78. The summed E-state index contributed by atoms with van der Waals surface area (Å²) in [5.74, 6) is 1.73. The summed E-state index contributed by atoms with van der Waals surface area (Å²) >= 11 is 0. The van der Waals surface area contributed by atoms with Crippen molar-refractivity contribution in [2.24, 2.45) is 11.8 Å². The largest absolute Gasteiger partial charge is 0.396 e. The van der Waals surface area contributed by atoms with Gasteiger partial charge in [0.15, 0.2) is 0 Å². The minimum absolute atomic E-state index is 0.359. The molecule has 0 spiro atoms. The summed E-state index contributed by atoms with van der Waals surface area (Å²) in [6.45, 7) is 5.29. The first-order valence-corrected chi connectivity index (χ1v) is 9.85. The van der Waals surface area contributed by atoms with Crippen LogP contribution in [0.15, 0.2) is 0 Å². The third-order valence-corrected chi connectivity index (χ3v) is 6.28. The number of hydrogen-bond donors (Lipinski definition) is 2. The number of rotatable bonds is 6. The van der Waals surface area contributed by atoms with Gasteiger partial charge in [-0.15, -0.1) is 0 Å². The first-order chi connectivity index (χ1) is 10.7. The first kappa shape index (κ1) is 16.7. The predicted molar refractivity (Wildman–Crippen MR) is 92.0 cm³/mol. The standard InChI is InChI=1S/C19H36N2O/c1-15-10-19(11-15)21-13-16(6-5-9-22)12-18(14-21)20-17-7-3-2-4-8-17/h15-20,22H,2-14H2,1H3. The summed E-state index contributed by atoms with van der Waals surface area (Å²) in [7, 11) is 0. The molecular formula is C19H36N2O. The minimum Gasteiger partial charge on any atom is -0.396 e. The molecule has 3 aliphatic rings. The zero-order valence-electron chi connectivity index (χ0n) is 14.5. The highest BCUT2D eigenvalue weighted by Gasteiger charge is 2.36. The van der Waals surface area contributed by atoms with Crippen LogP contribution in [0.1, 0.15) is 71.1 Å². The fourth-order valence-corrected chi connectivity index (χ4v) is 5.01. The minimum atomic E-state index is 0.359. The molecule has 3 fully saturated rings. The van der Waals surface area contributed by atoms with E-state index in [1.807, 2.05) is 0 Å². The second-order valence-corrected chi connectivity index (χ2v) is 8.35. The molecule has 0 bridgehead atoms. The van der Waals surface area contributed by atoms with Crippen LogP contribution >= 0.6 is 0 Å². The van der Waals surface area contributed by atoms with Gasteiger partial charge in [-0.2, -0.15) is 0 Å². The van der Waals surface area contributed by atoms with Gasteiger partial charge in [0.1, 0.15) is 0 Å². The Hall–Kier alpha value is -0.120. The number of hydrogen-bond acceptors (Lipinski definition) is 3. The van der Waals surface area contributed by atoms with Gasteiger partial charge < -0.3 is 10.4 Å². The molecule has 2 N–H and O–H groups in total. The smallest absolute Gasteiger partial charge is 0.0431 e. The van der Waals surface area contributed by atoms with Crippen molar-refractivity contribution in [1.82, 2.24) is 10.2 Å². The number of piperidine rings is 1. The van der Waals surface area contributed by atoms with Crippen LogP contribution in [0, 0.1) is 11.8 Å². The Balaban J connectivity index is 1.53. The summed E-state index contributed by atoms with van der Waals surface area (Å²) in [5, 5.41) is 13.2. The Bertz CT molecular complexity index is 323. The van der Waals surface area contributed by atoms with Crippen molar-refractivity contribution < 1.29 is 5.11 Å². The fraction of sp³-hybridized carbons (Fsp3) is 1.00. The molecule has 0 aromatic carbocycles. The number of nitrogens with zero attached hydrogens (tertiary/aromatic N) is 1. The third-order valence-electron chi connectivity index (χ3n) is 6.28. The van der Waals surface area contributed by atoms with Gasteiger partial charge in [-0.05, 0) is 56.8 Å². The molecule has 0 aromatic heterocycles. The zero-order valence-corrected chi connectivity index (χ0v) is 14.5. The number of nitrogens with one attached hydrogen (secondary N) is 1. The lowest BCUT2D eigenvalue weighted by molar-refractivity contribution is 0.0275. The molecule has 3 nitrogen and oxygen atoms in total. The van der Waals surface area contributed by atoms with Crippen molar-refractivity contribution in [3.05, 3.63) is 0 Å². The summed E-state index contributed by atoms with van der Waals surface area (Å²) in [6.07, 6.45) is 13.4. The highest BCUT2D eigenvalue weighted by molar-refractivity contribution is 4.93. The first-order valence-electron chi connectivity index (χ1n) is 9.85. The normalized spacial score (nSPS) is 37.9. The Morgan fingerprint density at radius 1 is 1.00 bits per heavy atom. The second-order valence-electron chi connectivity index (χ2n) is 8.35. The number of aliphatic hydroxyl groups is 1. The Kier molecular flexibility index (Phi) is 6.17. The Labute approximate surface area is 136 Å². The van der Waals surface area contributed by atoms with Gasteiger partial charge in [0.05, 0.1) is 0 Å². The molecule has 22 heavy (non-hydrogen) atoms. The highest BCUT2D eigenvalue weighted by Crippen LogP contribution is 2.35. The molecule has 1 aliphatic heterocycles. The van der Waals surface area contributed by atoms with Crippen molar-refractivity contribution in [3.8, 4) is 0 Å². The van der Waals surface area contributed by atoms with Crippen molar-refractivity contribution >= 4 is 0 Å². The third kappa shape index (κ3) is 4.46. The van der Waals surface area contributed by atoms with Gasteiger partial charge in [-0.25, -0.2) is 0 Å². The van der Waals surface area contributed by atoms with E-state index in [2.05, 4.69) is 17.1 Å². The van der Waals surface area contributed by atoms with Gasteiger partial charge in [0.25, 0.3) is 0 Å². The van der Waals surface area contributed by atoms with Gasteiger partial charge in [0, 0.05) is 37.8 Å². The molecule has 1 heterocycles. The Morgan fingerprint density at radius 3 is 2.45 bits per heavy atom. The van der Waals surface area contributed by atoms with Crippen LogP contribution < -0.4 is 5.32 Å². The van der Waals surface area contributed by atoms with E-state index < -0.39 is 0 Å². The monoisotopic (exact) mass is 308 g/mol. The molecule has 0 aromatic rings. The Morgan fingerprint density at radius 2 is 1.77 bits per heavy atom. The molecule has 2 unspecified atom stereocenters. The zero-order chi connectivity index (χ0) is 15.4. The molecule has 0 amide bonds. The molecule has 128 valence electrons. The maximum Gasteiger partial charge on any atom is 0.0431 e. The van der Waals surface area contributed by atoms with Crippen LogP contribution in [-0.4, -0.2) is 47.8 Å². The molecule has 0 radical (unpaired) electrons. The van der Waals surface area contributed by atoms with Gasteiger partial charge in [0.2, 0.25) is 0 Å². The number of aliphatic hydroxyl groups excluding tert-OH is 1. The van der Waals surface area contributed by atoms with Crippen molar-refractivity contribution in [3.63, 3.8) is 0 Å². The van der Waals surface area contributed by atoms with Gasteiger partial charge >= 0.3 is 0 Å². The number of likely N-dealkylation sites (tertiary alicyclic amines) is 1. The van der Waals surface area contributed by atoms with Crippen molar-refractivity contribution in [2.45, 2.75) is 89.3 Å². The van der Waals surface area contributed by atoms with E-state index in [0.29, 0.717) is 12.6 Å². The molecule has 2 atom stereocenters. The van der Waals surface area contributed by atoms with Crippen LogP contribution in [0.25, 0.3) is 0 Å². The van der Waals surface area contributed by atoms with Crippen molar-refractivity contribution in [1.29, 1.82) is 0 Å². The van der Waals surface area contributed by atoms with Crippen LogP contribution in [0.2, 0.25) is 0 Å². The summed E-state index contributed by atoms with van der Waals surface area (Å²) in [5.41, 5.74) is 0. The summed E-state index contributed by atoms with van der Waals surface area (Å²) in [6, 6.07) is 2.32. The maximum absolute atomic E-state index is 9.16. The maximum atomic E-state index is 9.16. The average molecular weight is 309 g/mol. The molecular weight excluding hydrogens is 272 g/mol. The van der Waals surface area contributed by atoms with Crippen LogP contribution in [0.5, 0.6) is 0 Å². The van der Waals surface area contributed by atoms with E-state index in [4.69, 9.17) is 5.11 Å². The van der Waals surface area contributed by atoms with Gasteiger partial charge in [-0.1, -0.05) is 26.2 Å². The van der Waals surface area contributed by atoms with E-state index in [-0.39, 0.29) is 0 Å². The van der Waals surface area contributed by atoms with E-state index in [9.17, 15) is 0 Å². The molecule has 2 saturated carbocycles. The lowest BCUT2D eigenvalue weighted by Gasteiger charge is -2.48. The molecule has 3 rings (SSSR count). The summed E-state index contributed by atoms with van der Waals surface area (Å²) in [4.78, 5) is 2.78. The predicted octanol–water partition coefficient (Wildman–Crippen LogP) is 3.17. The molecule has 1 saturated heterocycles. The second kappa shape index (κ2) is 8.12. The molecule has 3 heteroatoms. The van der Waals surface area contributed by atoms with Crippen molar-refractivity contribution in [2.75, 3.05) is 19.7 Å². The lowest BCUT2D eigenvalue weighted by Crippen LogP contribution is -2.57. The topological polar surface area (TPSA) is 35.5 Å². The fourth-order valence-electron chi connectivity index (χ4n) is 5.01. The van der Waals surface area contributed by atoms with E-state index >= 15 is 0 Å². The van der Waals surface area contributed by atoms with E-state index in [0.717, 1.165) is 30.3 Å². The highest BCUT2D eigenvalue weighted by atomic mass is 16.2. The van der Waals surface area contributed by atoms with E-state index in [1.54, 1.807) is 0 Å². The van der Waals surface area contributed by atoms with E-state index in [1.165, 1.54) is 70.9 Å². The van der Waals surface area contributed by atoms with Crippen LogP contribution in [-0.2, 0) is 0 Å².